The Labute approximate surface area is 189 Å². The molecule has 8 heteroatoms. The summed E-state index contributed by atoms with van der Waals surface area (Å²) >= 11 is 0. The van der Waals surface area contributed by atoms with E-state index >= 15 is 0 Å². The first-order valence-electron chi connectivity index (χ1n) is 11.0. The monoisotopic (exact) mass is 439 g/mol. The van der Waals surface area contributed by atoms with Crippen molar-refractivity contribution in [3.63, 3.8) is 0 Å². The molecule has 2 bridgehead atoms. The van der Waals surface area contributed by atoms with Crippen molar-refractivity contribution in [2.75, 3.05) is 5.43 Å². The van der Waals surface area contributed by atoms with E-state index in [4.69, 9.17) is 0 Å². The molecule has 3 aliphatic rings. The van der Waals surface area contributed by atoms with Crippen molar-refractivity contribution < 1.29 is 14.4 Å². The average molecular weight is 439 g/mol. The number of benzene rings is 2. The third-order valence-electron chi connectivity index (χ3n) is 6.96. The van der Waals surface area contributed by atoms with Crippen molar-refractivity contribution >= 4 is 34.4 Å². The van der Waals surface area contributed by atoms with Crippen LogP contribution in [0.2, 0.25) is 0 Å². The van der Waals surface area contributed by atoms with Gasteiger partial charge in [-0.2, -0.15) is 0 Å². The van der Waals surface area contributed by atoms with Crippen molar-refractivity contribution in [3.05, 3.63) is 78.1 Å². The first-order chi connectivity index (χ1) is 16.1. The van der Waals surface area contributed by atoms with Gasteiger partial charge in [0.1, 0.15) is 6.33 Å². The Balaban J connectivity index is 1.11. The molecule has 0 spiro atoms. The van der Waals surface area contributed by atoms with Gasteiger partial charge in [0.2, 0.25) is 11.8 Å². The van der Waals surface area contributed by atoms with Crippen LogP contribution in [0, 0.1) is 23.7 Å². The number of carbonyl (C=O) groups is 3. The molecular formula is C25H21N5O3. The Morgan fingerprint density at radius 2 is 1.64 bits per heavy atom. The maximum Gasteiger partial charge on any atom is 0.269 e. The molecule has 0 radical (unpaired) electrons. The second-order valence-electron chi connectivity index (χ2n) is 8.78. The summed E-state index contributed by atoms with van der Waals surface area (Å²) < 4.78 is 0. The minimum Gasteiger partial charge on any atom is -0.281 e. The number of imide groups is 1. The molecule has 1 saturated heterocycles. The molecule has 2 aliphatic carbocycles. The lowest BCUT2D eigenvalue weighted by Gasteiger charge is -2.17. The standard InChI is InChI=1S/C25H21N5O3/c31-23(29-28-22-18-3-1-2-4-19(18)26-13-27-22)15-7-5-14(6-8-15)12-30-24(32)20-16-9-10-17(11-16)21(20)25(30)33/h1-10,13,16-17,20-21H,11-12H2,(H,29,31)(H,26,27,28). The lowest BCUT2D eigenvalue weighted by Crippen LogP contribution is -2.32. The molecule has 2 N–H and O–H groups in total. The smallest absolute Gasteiger partial charge is 0.269 e. The number of hydrogen-bond acceptors (Lipinski definition) is 6. The van der Waals surface area contributed by atoms with Crippen LogP contribution in [0.5, 0.6) is 0 Å². The van der Waals surface area contributed by atoms with E-state index in [9.17, 15) is 14.4 Å². The number of nitrogens with zero attached hydrogens (tertiary/aromatic N) is 3. The summed E-state index contributed by atoms with van der Waals surface area (Å²) in [6.45, 7) is 0.233. The summed E-state index contributed by atoms with van der Waals surface area (Å²) in [5.74, 6) is 0.0670. The fourth-order valence-electron chi connectivity index (χ4n) is 5.36. The fraction of sp³-hybridized carbons (Fsp3) is 0.240. The van der Waals surface area contributed by atoms with Gasteiger partial charge in [-0.25, -0.2) is 9.97 Å². The van der Waals surface area contributed by atoms with Gasteiger partial charge in [-0.15, -0.1) is 0 Å². The molecular weight excluding hydrogens is 418 g/mol. The molecule has 2 fully saturated rings. The average Bonchev–Trinajstić information content (AvgIpc) is 3.53. The zero-order valence-electron chi connectivity index (χ0n) is 17.6. The summed E-state index contributed by atoms with van der Waals surface area (Å²) in [6.07, 6.45) is 6.53. The van der Waals surface area contributed by atoms with Gasteiger partial charge in [0.25, 0.3) is 5.91 Å². The van der Waals surface area contributed by atoms with E-state index < -0.39 is 0 Å². The minimum absolute atomic E-state index is 0.0649. The molecule has 3 amide bonds. The number of allylic oxidation sites excluding steroid dienone is 2. The van der Waals surface area contributed by atoms with E-state index in [0.29, 0.717) is 11.4 Å². The number of anilines is 1. The molecule has 1 aliphatic heterocycles. The van der Waals surface area contributed by atoms with Gasteiger partial charge in [0.05, 0.1) is 23.9 Å². The Kier molecular flexibility index (Phi) is 4.46. The molecule has 164 valence electrons. The largest absolute Gasteiger partial charge is 0.281 e. The summed E-state index contributed by atoms with van der Waals surface area (Å²) in [6, 6.07) is 14.4. The Morgan fingerprint density at radius 1 is 0.939 bits per heavy atom. The highest BCUT2D eigenvalue weighted by atomic mass is 16.2. The number of rotatable bonds is 5. The highest BCUT2D eigenvalue weighted by molar-refractivity contribution is 6.06. The fourth-order valence-corrected chi connectivity index (χ4v) is 5.36. The second kappa shape index (κ2) is 7.51. The topological polar surface area (TPSA) is 104 Å². The Morgan fingerprint density at radius 3 is 2.36 bits per heavy atom. The predicted molar refractivity (Wildman–Crippen MR) is 120 cm³/mol. The number of hydrazine groups is 1. The van der Waals surface area contributed by atoms with Crippen LogP contribution in [-0.2, 0) is 16.1 Å². The number of aromatic nitrogens is 2. The molecule has 4 unspecified atom stereocenters. The summed E-state index contributed by atoms with van der Waals surface area (Å²) in [5, 5.41) is 0.795. The SMILES string of the molecule is O=C(NNc1ncnc2ccccc12)c1ccc(CN2C(=O)C3C4C=CC(C4)C3C2=O)cc1. The van der Waals surface area contributed by atoms with Crippen LogP contribution in [0.1, 0.15) is 22.3 Å². The minimum atomic E-state index is -0.324. The molecule has 2 aromatic carbocycles. The number of fused-ring (bicyclic) bond motifs is 6. The number of hydrogen-bond donors (Lipinski definition) is 2. The molecule has 8 nitrogen and oxygen atoms in total. The van der Waals surface area contributed by atoms with E-state index in [0.717, 1.165) is 22.9 Å². The highest BCUT2D eigenvalue weighted by Gasteiger charge is 2.59. The predicted octanol–water partition coefficient (Wildman–Crippen LogP) is 2.69. The summed E-state index contributed by atoms with van der Waals surface area (Å²) in [4.78, 5) is 48.1. The Bertz CT molecular complexity index is 1280. The third-order valence-corrected chi connectivity index (χ3v) is 6.96. The van der Waals surface area contributed by atoms with Gasteiger partial charge >= 0.3 is 0 Å². The maximum atomic E-state index is 12.9. The molecule has 1 aromatic heterocycles. The molecule has 4 atom stereocenters. The van der Waals surface area contributed by atoms with Crippen molar-refractivity contribution in [2.45, 2.75) is 13.0 Å². The van der Waals surface area contributed by atoms with Crippen LogP contribution >= 0.6 is 0 Å². The first kappa shape index (κ1) is 19.6. The van der Waals surface area contributed by atoms with Gasteiger partial charge in [0, 0.05) is 10.9 Å². The molecule has 3 aromatic rings. The molecule has 1 saturated carbocycles. The quantitative estimate of drug-likeness (QED) is 0.360. The van der Waals surface area contributed by atoms with Crippen molar-refractivity contribution in [1.29, 1.82) is 0 Å². The van der Waals surface area contributed by atoms with E-state index in [1.165, 1.54) is 11.2 Å². The second-order valence-corrected chi connectivity index (χ2v) is 8.78. The van der Waals surface area contributed by atoms with Crippen LogP contribution in [0.4, 0.5) is 5.82 Å². The first-order valence-corrected chi connectivity index (χ1v) is 11.0. The van der Waals surface area contributed by atoms with E-state index in [2.05, 4.69) is 33.0 Å². The third kappa shape index (κ3) is 3.17. The van der Waals surface area contributed by atoms with E-state index in [1.54, 1.807) is 24.3 Å². The lowest BCUT2D eigenvalue weighted by molar-refractivity contribution is -0.141. The molecule has 6 rings (SSSR count). The van der Waals surface area contributed by atoms with Crippen LogP contribution in [0.25, 0.3) is 10.9 Å². The normalized spacial score (nSPS) is 25.0. The number of para-hydroxylation sites is 1. The van der Waals surface area contributed by atoms with Crippen molar-refractivity contribution in [2.24, 2.45) is 23.7 Å². The van der Waals surface area contributed by atoms with Crippen LogP contribution < -0.4 is 10.9 Å². The van der Waals surface area contributed by atoms with Crippen LogP contribution in [-0.4, -0.2) is 32.6 Å². The zero-order chi connectivity index (χ0) is 22.5. The van der Waals surface area contributed by atoms with E-state index in [-0.39, 0.29) is 47.9 Å². The molecule has 33 heavy (non-hydrogen) atoms. The molecule has 2 heterocycles. The van der Waals surface area contributed by atoms with Gasteiger partial charge in [-0.05, 0) is 48.1 Å². The van der Waals surface area contributed by atoms with Crippen LogP contribution in [0.3, 0.4) is 0 Å². The zero-order valence-corrected chi connectivity index (χ0v) is 17.6. The van der Waals surface area contributed by atoms with Gasteiger partial charge < -0.3 is 0 Å². The van der Waals surface area contributed by atoms with Crippen molar-refractivity contribution in [3.8, 4) is 0 Å². The highest BCUT2D eigenvalue weighted by Crippen LogP contribution is 2.52. The van der Waals surface area contributed by atoms with Crippen LogP contribution in [0.15, 0.2) is 67.0 Å². The van der Waals surface area contributed by atoms with Gasteiger partial charge in [0.15, 0.2) is 5.82 Å². The van der Waals surface area contributed by atoms with Crippen molar-refractivity contribution in [1.82, 2.24) is 20.3 Å². The maximum absolute atomic E-state index is 12.9. The van der Waals surface area contributed by atoms with E-state index in [1.807, 2.05) is 24.3 Å². The number of nitrogens with one attached hydrogen (secondary N) is 2. The lowest BCUT2D eigenvalue weighted by atomic mass is 9.85. The number of likely N-dealkylation sites (tertiary alicyclic amines) is 1. The number of carbonyl (C=O) groups excluding carboxylic acids is 3. The number of amides is 3. The van der Waals surface area contributed by atoms with Gasteiger partial charge in [-0.3, -0.25) is 30.1 Å². The summed E-state index contributed by atoms with van der Waals surface area (Å²) in [5.41, 5.74) is 7.53. The Hall–Kier alpha value is -4.07. The van der Waals surface area contributed by atoms with Gasteiger partial charge in [-0.1, -0.05) is 36.4 Å². The summed E-state index contributed by atoms with van der Waals surface area (Å²) in [7, 11) is 0.